The van der Waals surface area contributed by atoms with Gasteiger partial charge in [0.05, 0.1) is 16.5 Å². The molecule has 3 aromatic rings. The van der Waals surface area contributed by atoms with E-state index in [1.165, 1.54) is 12.1 Å². The van der Waals surface area contributed by atoms with Crippen LogP contribution < -0.4 is 5.43 Å². The van der Waals surface area contributed by atoms with E-state index in [0.29, 0.717) is 5.39 Å². The smallest absolute Gasteiger partial charge is 0.376 e. The molecule has 0 radical (unpaired) electrons. The lowest BCUT2D eigenvalue weighted by atomic mass is 10.1. The van der Waals surface area contributed by atoms with Crippen LogP contribution in [0.15, 0.2) is 63.8 Å². The van der Waals surface area contributed by atoms with Crippen LogP contribution in [-0.2, 0) is 4.74 Å². The zero-order valence-corrected chi connectivity index (χ0v) is 13.3. The minimum atomic E-state index is -0.940. The Morgan fingerprint density at radius 1 is 0.923 bits per heavy atom. The molecular formula is C19H11NO6. The molecule has 26 heavy (non-hydrogen) atoms. The van der Waals surface area contributed by atoms with Gasteiger partial charge in [-0.25, -0.2) is 9.69 Å². The van der Waals surface area contributed by atoms with Crippen LogP contribution in [0, 0.1) is 0 Å². The largest absolute Gasteiger partial charge is 0.449 e. The van der Waals surface area contributed by atoms with Crippen molar-refractivity contribution in [3.8, 4) is 0 Å². The average Bonchev–Trinajstić information content (AvgIpc) is 2.90. The molecule has 0 bridgehead atoms. The molecule has 4 rings (SSSR count). The summed E-state index contributed by atoms with van der Waals surface area (Å²) in [5, 5.41) is 0.337. The van der Waals surface area contributed by atoms with E-state index >= 15 is 0 Å². The topological polar surface area (TPSA) is 93.9 Å². The van der Waals surface area contributed by atoms with Gasteiger partial charge in [-0.2, -0.15) is 0 Å². The summed E-state index contributed by atoms with van der Waals surface area (Å²) in [5.74, 6) is -2.33. The predicted molar refractivity (Wildman–Crippen MR) is 89.7 cm³/mol. The first-order valence-electron chi connectivity index (χ1n) is 7.71. The van der Waals surface area contributed by atoms with Gasteiger partial charge in [0, 0.05) is 6.07 Å². The van der Waals surface area contributed by atoms with Crippen LogP contribution in [0.2, 0.25) is 0 Å². The van der Waals surface area contributed by atoms with Crippen molar-refractivity contribution in [1.29, 1.82) is 0 Å². The number of esters is 1. The van der Waals surface area contributed by atoms with Crippen molar-refractivity contribution in [2.24, 2.45) is 0 Å². The number of amides is 2. The maximum Gasteiger partial charge on any atom is 0.376 e. The minimum absolute atomic E-state index is 0.243. The minimum Gasteiger partial charge on any atom is -0.449 e. The molecule has 0 atom stereocenters. The van der Waals surface area contributed by atoms with E-state index in [1.54, 1.807) is 36.4 Å². The Morgan fingerprint density at radius 2 is 1.54 bits per heavy atom. The molecule has 0 aliphatic carbocycles. The lowest BCUT2D eigenvalue weighted by Crippen LogP contribution is -2.33. The number of nitrogens with zero attached hydrogens (tertiary/aromatic N) is 1. The average molecular weight is 349 g/mol. The number of carbonyl (C=O) groups is 3. The number of ether oxygens (including phenoxy) is 1. The first-order valence-corrected chi connectivity index (χ1v) is 7.71. The van der Waals surface area contributed by atoms with Crippen molar-refractivity contribution in [3.63, 3.8) is 0 Å². The van der Waals surface area contributed by atoms with E-state index in [4.69, 9.17) is 9.15 Å². The molecule has 1 aliphatic rings. The van der Waals surface area contributed by atoms with Gasteiger partial charge < -0.3 is 9.15 Å². The van der Waals surface area contributed by atoms with Crippen LogP contribution in [0.5, 0.6) is 0 Å². The van der Waals surface area contributed by atoms with Gasteiger partial charge >= 0.3 is 5.97 Å². The van der Waals surface area contributed by atoms with Gasteiger partial charge in [-0.3, -0.25) is 14.4 Å². The van der Waals surface area contributed by atoms with E-state index in [2.05, 4.69) is 0 Å². The first kappa shape index (κ1) is 15.8. The molecule has 0 N–H and O–H groups in total. The predicted octanol–water partition coefficient (Wildman–Crippen LogP) is 2.20. The van der Waals surface area contributed by atoms with Crippen LogP contribution in [0.3, 0.4) is 0 Å². The molecule has 128 valence electrons. The molecule has 2 aromatic carbocycles. The third kappa shape index (κ3) is 2.46. The summed E-state index contributed by atoms with van der Waals surface area (Å²) in [4.78, 5) is 49.5. The van der Waals surface area contributed by atoms with Crippen molar-refractivity contribution in [2.75, 3.05) is 6.73 Å². The van der Waals surface area contributed by atoms with Crippen molar-refractivity contribution in [3.05, 3.63) is 81.7 Å². The van der Waals surface area contributed by atoms with E-state index in [1.807, 2.05) is 0 Å². The first-order chi connectivity index (χ1) is 12.6. The summed E-state index contributed by atoms with van der Waals surface area (Å²) < 4.78 is 10.4. The zero-order chi connectivity index (χ0) is 18.3. The number of hydrogen-bond acceptors (Lipinski definition) is 6. The van der Waals surface area contributed by atoms with Gasteiger partial charge in [0.2, 0.25) is 5.76 Å². The molecule has 7 heteroatoms. The van der Waals surface area contributed by atoms with Crippen molar-refractivity contribution in [2.45, 2.75) is 0 Å². The number of fused-ring (bicyclic) bond motifs is 2. The fraction of sp³-hybridized carbons (Fsp3) is 0.0526. The summed E-state index contributed by atoms with van der Waals surface area (Å²) in [5.41, 5.74) is 0.365. The Hall–Kier alpha value is -3.74. The Bertz CT molecular complexity index is 1100. The molecular weight excluding hydrogens is 338 g/mol. The Morgan fingerprint density at radius 3 is 2.23 bits per heavy atom. The lowest BCUT2D eigenvalue weighted by molar-refractivity contribution is 0.0204. The van der Waals surface area contributed by atoms with Crippen LogP contribution in [-0.4, -0.2) is 29.4 Å². The van der Waals surface area contributed by atoms with Crippen LogP contribution in [0.25, 0.3) is 11.0 Å². The highest BCUT2D eigenvalue weighted by Crippen LogP contribution is 2.22. The molecule has 2 heterocycles. The second-order valence-electron chi connectivity index (χ2n) is 5.62. The molecule has 0 spiro atoms. The van der Waals surface area contributed by atoms with E-state index < -0.39 is 24.5 Å². The molecule has 1 aromatic heterocycles. The highest BCUT2D eigenvalue weighted by Gasteiger charge is 2.36. The summed E-state index contributed by atoms with van der Waals surface area (Å²) in [6, 6.07) is 13.8. The number of imide groups is 1. The number of carbonyl (C=O) groups excluding carboxylic acids is 3. The maximum absolute atomic E-state index is 12.2. The highest BCUT2D eigenvalue weighted by molar-refractivity contribution is 6.21. The van der Waals surface area contributed by atoms with E-state index in [-0.39, 0.29) is 27.9 Å². The molecule has 0 fully saturated rings. The third-order valence-electron chi connectivity index (χ3n) is 4.04. The fourth-order valence-electron chi connectivity index (χ4n) is 2.76. The van der Waals surface area contributed by atoms with Crippen molar-refractivity contribution in [1.82, 2.24) is 4.90 Å². The maximum atomic E-state index is 12.2. The second-order valence-corrected chi connectivity index (χ2v) is 5.62. The van der Waals surface area contributed by atoms with Crippen LogP contribution in [0.1, 0.15) is 31.3 Å². The molecule has 7 nitrogen and oxygen atoms in total. The summed E-state index contributed by atoms with van der Waals surface area (Å²) in [7, 11) is 0. The lowest BCUT2D eigenvalue weighted by Gasteiger charge is -2.13. The zero-order valence-electron chi connectivity index (χ0n) is 13.3. The Balaban J connectivity index is 1.54. The highest BCUT2D eigenvalue weighted by atomic mass is 16.6. The summed E-state index contributed by atoms with van der Waals surface area (Å²) >= 11 is 0. The van der Waals surface area contributed by atoms with E-state index in [9.17, 15) is 19.2 Å². The fourth-order valence-corrected chi connectivity index (χ4v) is 2.76. The van der Waals surface area contributed by atoms with Gasteiger partial charge in [0.1, 0.15) is 5.58 Å². The van der Waals surface area contributed by atoms with Gasteiger partial charge in [-0.05, 0) is 24.3 Å². The quantitative estimate of drug-likeness (QED) is 0.531. The number of para-hydroxylation sites is 1. The molecule has 0 unspecified atom stereocenters. The number of hydrogen-bond donors (Lipinski definition) is 0. The molecule has 1 aliphatic heterocycles. The van der Waals surface area contributed by atoms with E-state index in [0.717, 1.165) is 11.0 Å². The number of benzene rings is 2. The molecule has 0 saturated carbocycles. The summed E-state index contributed by atoms with van der Waals surface area (Å²) in [6.07, 6.45) is 0. The van der Waals surface area contributed by atoms with Crippen LogP contribution in [0.4, 0.5) is 0 Å². The molecule has 0 saturated heterocycles. The summed E-state index contributed by atoms with van der Waals surface area (Å²) in [6.45, 7) is -0.568. The standard InChI is InChI=1S/C19H11NO6/c21-14-9-16(26-15-8-4-3-7-13(14)15)19(24)25-10-20-17(22)11-5-1-2-6-12(11)18(20)23/h1-9H,10H2. The van der Waals surface area contributed by atoms with Gasteiger partial charge in [0.15, 0.2) is 12.2 Å². The Labute approximate surface area is 146 Å². The number of rotatable bonds is 3. The third-order valence-corrected chi connectivity index (χ3v) is 4.04. The van der Waals surface area contributed by atoms with Crippen molar-refractivity contribution < 1.29 is 23.5 Å². The van der Waals surface area contributed by atoms with Gasteiger partial charge in [-0.15, -0.1) is 0 Å². The van der Waals surface area contributed by atoms with Crippen LogP contribution >= 0.6 is 0 Å². The normalized spacial score (nSPS) is 13.2. The molecule has 2 amide bonds. The second kappa shape index (κ2) is 5.96. The Kier molecular flexibility index (Phi) is 3.62. The van der Waals surface area contributed by atoms with Gasteiger partial charge in [-0.1, -0.05) is 24.3 Å². The monoisotopic (exact) mass is 349 g/mol. The van der Waals surface area contributed by atoms with Gasteiger partial charge in [0.25, 0.3) is 11.8 Å². The SMILES string of the molecule is O=C(OCN1C(=O)c2ccccc2C1=O)c1cc(=O)c2ccccc2o1. The van der Waals surface area contributed by atoms with Crippen molar-refractivity contribution >= 4 is 28.8 Å².